The second kappa shape index (κ2) is 5.77. The number of halogens is 1. The summed E-state index contributed by atoms with van der Waals surface area (Å²) in [6.45, 7) is 4.57. The molecule has 0 aliphatic rings. The second-order valence-corrected chi connectivity index (χ2v) is 5.38. The normalized spacial score (nSPS) is 11.2. The quantitative estimate of drug-likeness (QED) is 0.695. The van der Waals surface area contributed by atoms with Gasteiger partial charge in [0.1, 0.15) is 11.3 Å². The number of fused-ring (bicyclic) bond motifs is 1. The van der Waals surface area contributed by atoms with Gasteiger partial charge in [0.05, 0.1) is 24.1 Å². The van der Waals surface area contributed by atoms with Gasteiger partial charge in [-0.2, -0.15) is 0 Å². The Balaban J connectivity index is 2.08. The minimum atomic E-state index is 0.530. The first-order valence-corrected chi connectivity index (χ1v) is 7.36. The third kappa shape index (κ3) is 2.74. The number of hydrogen-bond donors (Lipinski definition) is 0. The van der Waals surface area contributed by atoms with Gasteiger partial charge >= 0.3 is 0 Å². The highest BCUT2D eigenvalue weighted by Gasteiger charge is 2.13. The van der Waals surface area contributed by atoms with Gasteiger partial charge in [0.2, 0.25) is 0 Å². The van der Waals surface area contributed by atoms with Crippen LogP contribution in [0.15, 0.2) is 24.7 Å². The van der Waals surface area contributed by atoms with Crippen molar-refractivity contribution in [2.45, 2.75) is 26.8 Å². The largest absolute Gasteiger partial charge is 0.307 e. The van der Waals surface area contributed by atoms with Crippen LogP contribution in [0.4, 0.5) is 0 Å². The fraction of sp³-hybridized carbons (Fsp3) is 0.333. The number of rotatable bonds is 4. The fourth-order valence-electron chi connectivity index (χ4n) is 2.29. The first-order chi connectivity index (χ1) is 10.2. The molecule has 21 heavy (non-hydrogen) atoms. The summed E-state index contributed by atoms with van der Waals surface area (Å²) in [5, 5.41) is 0. The smallest absolute Gasteiger partial charge is 0.160 e. The molecule has 0 unspecified atom stereocenters. The summed E-state index contributed by atoms with van der Waals surface area (Å²) in [6.07, 6.45) is 6.08. The molecule has 0 spiro atoms. The van der Waals surface area contributed by atoms with E-state index in [0.29, 0.717) is 18.8 Å². The minimum Gasteiger partial charge on any atom is -0.307 e. The van der Waals surface area contributed by atoms with Crippen molar-refractivity contribution in [3.05, 3.63) is 47.4 Å². The number of pyridine rings is 1. The Morgan fingerprint density at radius 2 is 2.00 bits per heavy atom. The van der Waals surface area contributed by atoms with Gasteiger partial charge in [-0.25, -0.2) is 9.97 Å². The molecular weight excluding hydrogens is 286 g/mol. The van der Waals surface area contributed by atoms with E-state index in [4.69, 9.17) is 11.6 Å². The summed E-state index contributed by atoms with van der Waals surface area (Å²) >= 11 is 5.90. The van der Waals surface area contributed by atoms with E-state index >= 15 is 0 Å². The van der Waals surface area contributed by atoms with E-state index in [0.717, 1.165) is 33.9 Å². The second-order valence-electron chi connectivity index (χ2n) is 5.00. The predicted molar refractivity (Wildman–Crippen MR) is 82.6 cm³/mol. The van der Waals surface area contributed by atoms with Gasteiger partial charge in [-0.1, -0.05) is 0 Å². The van der Waals surface area contributed by atoms with Crippen molar-refractivity contribution in [2.24, 2.45) is 0 Å². The Hall–Kier alpha value is -2.01. The van der Waals surface area contributed by atoms with Crippen molar-refractivity contribution >= 4 is 22.8 Å². The average molecular weight is 302 g/mol. The van der Waals surface area contributed by atoms with Gasteiger partial charge in [-0.3, -0.25) is 9.97 Å². The molecule has 0 fully saturated rings. The highest BCUT2D eigenvalue weighted by molar-refractivity contribution is 6.17. The van der Waals surface area contributed by atoms with Crippen LogP contribution in [0.25, 0.3) is 11.2 Å². The molecule has 0 aliphatic heterocycles. The van der Waals surface area contributed by atoms with Crippen LogP contribution in [0.2, 0.25) is 0 Å². The summed E-state index contributed by atoms with van der Waals surface area (Å²) in [5.41, 5.74) is 4.71. The van der Waals surface area contributed by atoms with E-state index in [-0.39, 0.29) is 0 Å². The third-order valence-electron chi connectivity index (χ3n) is 3.39. The molecule has 3 heterocycles. The third-order valence-corrected chi connectivity index (χ3v) is 3.58. The van der Waals surface area contributed by atoms with Gasteiger partial charge in [0.15, 0.2) is 5.65 Å². The maximum atomic E-state index is 5.90. The van der Waals surface area contributed by atoms with Crippen molar-refractivity contribution < 1.29 is 0 Å². The molecule has 3 aromatic heterocycles. The Kier molecular flexibility index (Phi) is 3.84. The van der Waals surface area contributed by atoms with Gasteiger partial charge in [0, 0.05) is 24.7 Å². The van der Waals surface area contributed by atoms with Crippen LogP contribution >= 0.6 is 11.6 Å². The molecule has 108 valence electrons. The number of imidazole rings is 1. The molecule has 0 bridgehead atoms. The molecule has 0 N–H and O–H groups in total. The van der Waals surface area contributed by atoms with Crippen LogP contribution in [0.3, 0.4) is 0 Å². The Bertz CT molecular complexity index is 764. The molecule has 3 rings (SSSR count). The summed E-state index contributed by atoms with van der Waals surface area (Å²) in [4.78, 5) is 17.9. The van der Waals surface area contributed by atoms with E-state index in [2.05, 4.69) is 24.5 Å². The highest BCUT2D eigenvalue weighted by Crippen LogP contribution is 2.19. The standard InChI is InChI=1S/C15H16ClN5/c1-10-4-6-17-15-14(10)20-13(3-5-16)21(15)9-12-8-18-11(2)7-19-12/h4,6-8H,3,5,9H2,1-2H3. The van der Waals surface area contributed by atoms with Gasteiger partial charge < -0.3 is 4.57 Å². The summed E-state index contributed by atoms with van der Waals surface area (Å²) in [7, 11) is 0. The van der Waals surface area contributed by atoms with Gasteiger partial charge in [0.25, 0.3) is 0 Å². The van der Waals surface area contributed by atoms with Crippen LogP contribution in [0.5, 0.6) is 0 Å². The van der Waals surface area contributed by atoms with E-state index in [1.807, 2.05) is 19.9 Å². The fourth-order valence-corrected chi connectivity index (χ4v) is 2.46. The zero-order valence-corrected chi connectivity index (χ0v) is 12.8. The van der Waals surface area contributed by atoms with Crippen LogP contribution in [-0.2, 0) is 13.0 Å². The van der Waals surface area contributed by atoms with Crippen molar-refractivity contribution in [2.75, 3.05) is 5.88 Å². The lowest BCUT2D eigenvalue weighted by Gasteiger charge is -2.07. The molecule has 0 saturated carbocycles. The van der Waals surface area contributed by atoms with E-state index < -0.39 is 0 Å². The molecule has 6 heteroatoms. The maximum absolute atomic E-state index is 5.90. The molecule has 5 nitrogen and oxygen atoms in total. The molecule has 0 aliphatic carbocycles. The Labute approximate surface area is 128 Å². The number of hydrogen-bond acceptors (Lipinski definition) is 4. The Morgan fingerprint density at radius 3 is 2.71 bits per heavy atom. The Morgan fingerprint density at radius 1 is 1.14 bits per heavy atom. The first-order valence-electron chi connectivity index (χ1n) is 6.83. The molecule has 0 atom stereocenters. The van der Waals surface area contributed by atoms with Crippen molar-refractivity contribution in [3.8, 4) is 0 Å². The summed E-state index contributed by atoms with van der Waals surface area (Å²) < 4.78 is 2.07. The summed E-state index contributed by atoms with van der Waals surface area (Å²) in [6, 6.07) is 1.97. The van der Waals surface area contributed by atoms with Gasteiger partial charge in [-0.05, 0) is 25.5 Å². The van der Waals surface area contributed by atoms with E-state index in [1.54, 1.807) is 18.6 Å². The molecule has 0 aromatic carbocycles. The van der Waals surface area contributed by atoms with Gasteiger partial charge in [-0.15, -0.1) is 11.6 Å². The molecule has 0 radical (unpaired) electrons. The van der Waals surface area contributed by atoms with Crippen molar-refractivity contribution in [3.63, 3.8) is 0 Å². The average Bonchev–Trinajstić information content (AvgIpc) is 2.82. The molecular formula is C15H16ClN5. The van der Waals surface area contributed by atoms with E-state index in [9.17, 15) is 0 Å². The number of aromatic nitrogens is 5. The molecule has 0 saturated heterocycles. The maximum Gasteiger partial charge on any atom is 0.160 e. The lowest BCUT2D eigenvalue weighted by Crippen LogP contribution is -2.08. The molecule has 0 amide bonds. The highest BCUT2D eigenvalue weighted by atomic mass is 35.5. The van der Waals surface area contributed by atoms with Crippen LogP contribution < -0.4 is 0 Å². The number of aryl methyl sites for hydroxylation is 3. The van der Waals surface area contributed by atoms with Crippen molar-refractivity contribution in [1.82, 2.24) is 24.5 Å². The predicted octanol–water partition coefficient (Wildman–Crippen LogP) is 2.67. The number of alkyl halides is 1. The minimum absolute atomic E-state index is 0.530. The SMILES string of the molecule is Cc1cnc(Cn2c(CCCl)nc3c(C)ccnc32)cn1. The molecule has 3 aromatic rings. The van der Waals surface area contributed by atoms with Crippen molar-refractivity contribution in [1.29, 1.82) is 0 Å². The lowest BCUT2D eigenvalue weighted by molar-refractivity contribution is 0.726. The number of nitrogens with zero attached hydrogens (tertiary/aromatic N) is 5. The van der Waals surface area contributed by atoms with Crippen LogP contribution in [0, 0.1) is 13.8 Å². The zero-order chi connectivity index (χ0) is 14.8. The summed E-state index contributed by atoms with van der Waals surface area (Å²) in [5.74, 6) is 1.46. The van der Waals surface area contributed by atoms with Crippen LogP contribution in [0.1, 0.15) is 22.8 Å². The zero-order valence-electron chi connectivity index (χ0n) is 12.0. The topological polar surface area (TPSA) is 56.5 Å². The lowest BCUT2D eigenvalue weighted by atomic mass is 10.3. The van der Waals surface area contributed by atoms with Crippen LogP contribution in [-0.4, -0.2) is 30.4 Å². The van der Waals surface area contributed by atoms with E-state index in [1.165, 1.54) is 0 Å². The first kappa shape index (κ1) is 13.9. The monoisotopic (exact) mass is 301 g/mol.